The van der Waals surface area contributed by atoms with Gasteiger partial charge in [-0.15, -0.1) is 0 Å². The van der Waals surface area contributed by atoms with Crippen LogP contribution >= 0.6 is 15.9 Å². The minimum Gasteiger partial charge on any atom is -0.456 e. The van der Waals surface area contributed by atoms with Gasteiger partial charge in [0.1, 0.15) is 17.3 Å². The summed E-state index contributed by atoms with van der Waals surface area (Å²) in [6, 6.07) is 9.29. The van der Waals surface area contributed by atoms with Gasteiger partial charge in [0.15, 0.2) is 0 Å². The number of rotatable bonds is 3. The van der Waals surface area contributed by atoms with E-state index in [-0.39, 0.29) is 5.84 Å². The second-order valence-electron chi connectivity index (χ2n) is 4.20. The van der Waals surface area contributed by atoms with Gasteiger partial charge in [-0.1, -0.05) is 22.0 Å². The number of nitrogen functional groups attached to an aromatic ring is 1. The van der Waals surface area contributed by atoms with Crippen molar-refractivity contribution in [3.8, 4) is 11.5 Å². The zero-order chi connectivity index (χ0) is 14.0. The van der Waals surface area contributed by atoms with Gasteiger partial charge in [-0.25, -0.2) is 0 Å². The molecule has 1 heterocycles. The van der Waals surface area contributed by atoms with Crippen LogP contribution in [-0.4, -0.2) is 10.8 Å². The number of ether oxygens (including phenoxy) is 1. The van der Waals surface area contributed by atoms with Gasteiger partial charge in [0.2, 0.25) is 0 Å². The minimum atomic E-state index is -0.0463. The van der Waals surface area contributed by atoms with Crippen molar-refractivity contribution < 1.29 is 4.74 Å². The minimum absolute atomic E-state index is 0.0463. The predicted octanol–water partition coefficient (Wildman–Crippen LogP) is 3.54. The lowest BCUT2D eigenvalue weighted by molar-refractivity contribution is 0.479. The number of nitrogens with two attached hydrogens (primary N) is 1. The maximum Gasteiger partial charge on any atom is 0.141 e. The molecule has 0 fully saturated rings. The largest absolute Gasteiger partial charge is 0.456 e. The first-order chi connectivity index (χ1) is 8.97. The maximum absolute atomic E-state index is 7.64. The molecular formula is C14H14BrN3O. The number of hydrogen-bond acceptors (Lipinski definition) is 3. The summed E-state index contributed by atoms with van der Waals surface area (Å²) in [4.78, 5) is 4.30. The molecule has 2 aromatic rings. The highest BCUT2D eigenvalue weighted by Gasteiger charge is 2.13. The molecule has 0 amide bonds. The Hall–Kier alpha value is -1.88. The molecule has 0 spiro atoms. The fourth-order valence-corrected chi connectivity index (χ4v) is 2.24. The van der Waals surface area contributed by atoms with Crippen molar-refractivity contribution in [3.05, 3.63) is 51.8 Å². The van der Waals surface area contributed by atoms with Crippen molar-refractivity contribution in [1.29, 1.82) is 5.41 Å². The number of nitrogens with zero attached hydrogens (tertiary/aromatic N) is 1. The van der Waals surface area contributed by atoms with E-state index in [4.69, 9.17) is 15.9 Å². The number of nitrogens with one attached hydrogen (secondary N) is 1. The Kier molecular flexibility index (Phi) is 3.85. The van der Waals surface area contributed by atoms with Crippen molar-refractivity contribution in [2.24, 2.45) is 5.73 Å². The lowest BCUT2D eigenvalue weighted by Gasteiger charge is -2.13. The fraction of sp³-hybridized carbons (Fsp3) is 0.143. The number of aromatic nitrogens is 1. The average Bonchev–Trinajstić information content (AvgIpc) is 2.26. The van der Waals surface area contributed by atoms with Crippen molar-refractivity contribution in [3.63, 3.8) is 0 Å². The third-order valence-corrected chi connectivity index (χ3v) is 3.08. The molecule has 0 aliphatic rings. The van der Waals surface area contributed by atoms with E-state index in [1.54, 1.807) is 6.07 Å². The number of halogens is 1. The summed E-state index contributed by atoms with van der Waals surface area (Å²) in [7, 11) is 0. The summed E-state index contributed by atoms with van der Waals surface area (Å²) in [5.41, 5.74) is 7.65. The van der Waals surface area contributed by atoms with Gasteiger partial charge < -0.3 is 10.5 Å². The molecule has 2 rings (SSSR count). The molecule has 0 aliphatic carbocycles. The molecule has 0 radical (unpaired) electrons. The topological polar surface area (TPSA) is 72.0 Å². The molecule has 3 N–H and O–H groups in total. The van der Waals surface area contributed by atoms with Crippen molar-refractivity contribution in [1.82, 2.24) is 4.98 Å². The number of amidine groups is 1. The summed E-state index contributed by atoms with van der Waals surface area (Å²) in [6.45, 7) is 3.70. The highest BCUT2D eigenvalue weighted by Crippen LogP contribution is 2.29. The summed E-state index contributed by atoms with van der Waals surface area (Å²) >= 11 is 3.39. The molecule has 0 atom stereocenters. The van der Waals surface area contributed by atoms with Crippen LogP contribution in [0.15, 0.2) is 34.8 Å². The van der Waals surface area contributed by atoms with Crippen molar-refractivity contribution in [2.75, 3.05) is 0 Å². The van der Waals surface area contributed by atoms with Crippen LogP contribution in [0.4, 0.5) is 0 Å². The number of benzene rings is 1. The van der Waals surface area contributed by atoms with Crippen LogP contribution in [-0.2, 0) is 0 Å². The first kappa shape index (κ1) is 13.5. The lowest BCUT2D eigenvalue weighted by Crippen LogP contribution is -2.15. The van der Waals surface area contributed by atoms with E-state index in [2.05, 4.69) is 20.9 Å². The molecule has 5 heteroatoms. The van der Waals surface area contributed by atoms with E-state index in [1.165, 1.54) is 0 Å². The maximum atomic E-state index is 7.64. The quantitative estimate of drug-likeness (QED) is 0.671. The Morgan fingerprint density at radius 3 is 2.68 bits per heavy atom. The average molecular weight is 320 g/mol. The molecule has 0 saturated carbocycles. The second kappa shape index (κ2) is 5.40. The summed E-state index contributed by atoms with van der Waals surface area (Å²) < 4.78 is 6.75. The van der Waals surface area contributed by atoms with E-state index in [9.17, 15) is 0 Å². The number of pyridine rings is 1. The first-order valence-corrected chi connectivity index (χ1v) is 6.52. The summed E-state index contributed by atoms with van der Waals surface area (Å²) in [5, 5.41) is 7.64. The van der Waals surface area contributed by atoms with Gasteiger partial charge in [-0.3, -0.25) is 10.4 Å². The van der Waals surface area contributed by atoms with Crippen molar-refractivity contribution in [2.45, 2.75) is 13.8 Å². The summed E-state index contributed by atoms with van der Waals surface area (Å²) in [5.74, 6) is 1.19. The third-order valence-electron chi connectivity index (χ3n) is 2.59. The lowest BCUT2D eigenvalue weighted by atomic mass is 10.1. The smallest absolute Gasteiger partial charge is 0.141 e. The normalized spacial score (nSPS) is 10.3. The highest BCUT2D eigenvalue weighted by molar-refractivity contribution is 9.10. The molecular weight excluding hydrogens is 306 g/mol. The van der Waals surface area contributed by atoms with Gasteiger partial charge in [-0.2, -0.15) is 0 Å². The van der Waals surface area contributed by atoms with Gasteiger partial charge in [0, 0.05) is 16.2 Å². The molecule has 0 aliphatic heterocycles. The number of aryl methyl sites for hydroxylation is 2. The third kappa shape index (κ3) is 3.12. The van der Waals surface area contributed by atoms with Crippen LogP contribution < -0.4 is 10.5 Å². The Balaban J connectivity index is 2.47. The van der Waals surface area contributed by atoms with Crippen LogP contribution in [0.3, 0.4) is 0 Å². The Bertz CT molecular complexity index is 641. The second-order valence-corrected chi connectivity index (χ2v) is 5.11. The number of hydrogen-bond donors (Lipinski definition) is 2. The zero-order valence-electron chi connectivity index (χ0n) is 10.7. The Morgan fingerprint density at radius 1 is 1.32 bits per heavy atom. The molecule has 98 valence electrons. The van der Waals surface area contributed by atoms with E-state index < -0.39 is 0 Å². The fourth-order valence-electron chi connectivity index (χ4n) is 1.86. The zero-order valence-corrected chi connectivity index (χ0v) is 12.3. The molecule has 0 bridgehead atoms. The van der Waals surface area contributed by atoms with Crippen LogP contribution in [0, 0.1) is 19.3 Å². The molecule has 1 aromatic heterocycles. The summed E-state index contributed by atoms with van der Waals surface area (Å²) in [6.07, 6.45) is 0. The molecule has 1 aromatic carbocycles. The molecule has 4 nitrogen and oxygen atoms in total. The van der Waals surface area contributed by atoms with Gasteiger partial charge >= 0.3 is 0 Å². The van der Waals surface area contributed by atoms with Crippen LogP contribution in [0.5, 0.6) is 11.5 Å². The predicted molar refractivity (Wildman–Crippen MR) is 78.9 cm³/mol. The van der Waals surface area contributed by atoms with Gasteiger partial charge in [0.05, 0.1) is 11.3 Å². The first-order valence-electron chi connectivity index (χ1n) is 5.73. The van der Waals surface area contributed by atoms with Crippen molar-refractivity contribution >= 4 is 21.8 Å². The van der Waals surface area contributed by atoms with Crippen LogP contribution in [0.2, 0.25) is 0 Å². The highest BCUT2D eigenvalue weighted by atomic mass is 79.9. The van der Waals surface area contributed by atoms with E-state index in [0.717, 1.165) is 10.2 Å². The Morgan fingerprint density at radius 2 is 2.05 bits per heavy atom. The Labute approximate surface area is 120 Å². The SMILES string of the molecule is Cc1cc(Oc2cccc(Br)c2)c(C(=N)N)c(C)n1. The van der Waals surface area contributed by atoms with E-state index >= 15 is 0 Å². The molecule has 19 heavy (non-hydrogen) atoms. The van der Waals surface area contributed by atoms with E-state index in [1.807, 2.05) is 38.1 Å². The molecule has 0 unspecified atom stereocenters. The van der Waals surface area contributed by atoms with Gasteiger partial charge in [-0.05, 0) is 32.0 Å². The van der Waals surface area contributed by atoms with Crippen LogP contribution in [0.1, 0.15) is 17.0 Å². The monoisotopic (exact) mass is 319 g/mol. The molecule has 0 saturated heterocycles. The van der Waals surface area contributed by atoms with E-state index in [0.29, 0.717) is 22.8 Å². The van der Waals surface area contributed by atoms with Gasteiger partial charge in [0.25, 0.3) is 0 Å². The standard InChI is InChI=1S/C14H14BrN3O/c1-8-6-12(13(14(16)17)9(2)18-8)19-11-5-3-4-10(15)7-11/h3-7H,1-2H3,(H3,16,17). The van der Waals surface area contributed by atoms with Crippen LogP contribution in [0.25, 0.3) is 0 Å².